The summed E-state index contributed by atoms with van der Waals surface area (Å²) < 4.78 is 22.1. The molecule has 3 aromatic heterocycles. The highest BCUT2D eigenvalue weighted by atomic mass is 19.1. The molecule has 0 amide bonds. The molecule has 0 fully saturated rings. The van der Waals surface area contributed by atoms with E-state index in [1.165, 1.54) is 6.20 Å². The normalized spacial score (nSPS) is 12.6. The maximum absolute atomic E-state index is 14.6. The van der Waals surface area contributed by atoms with Crippen molar-refractivity contribution in [1.29, 1.82) is 5.26 Å². The molecule has 1 unspecified atom stereocenters. The van der Waals surface area contributed by atoms with Crippen LogP contribution in [0.25, 0.3) is 21.9 Å². The first-order chi connectivity index (χ1) is 10.7. The van der Waals surface area contributed by atoms with Crippen molar-refractivity contribution >= 4 is 21.9 Å². The fourth-order valence-electron chi connectivity index (χ4n) is 2.62. The van der Waals surface area contributed by atoms with Crippen LogP contribution in [0.5, 0.6) is 0 Å². The van der Waals surface area contributed by atoms with Crippen molar-refractivity contribution < 1.29 is 9.13 Å². The fourth-order valence-corrected chi connectivity index (χ4v) is 2.62. The van der Waals surface area contributed by atoms with Crippen molar-refractivity contribution in [3.8, 4) is 6.07 Å². The minimum Gasteiger partial charge on any atom is -0.358 e. The number of fused-ring (bicyclic) bond motifs is 3. The summed E-state index contributed by atoms with van der Waals surface area (Å²) in [5.41, 5.74) is 0.989. The van der Waals surface area contributed by atoms with Crippen molar-refractivity contribution in [2.24, 2.45) is 0 Å². The molecule has 0 aliphatic heterocycles. The van der Waals surface area contributed by atoms with Gasteiger partial charge in [-0.1, -0.05) is 6.92 Å². The van der Waals surface area contributed by atoms with Crippen LogP contribution in [0.1, 0.15) is 32.2 Å². The van der Waals surface area contributed by atoms with Gasteiger partial charge in [0.1, 0.15) is 17.9 Å². The van der Waals surface area contributed by atoms with Crippen LogP contribution in [0.4, 0.5) is 4.39 Å². The number of nitriles is 1. The summed E-state index contributed by atoms with van der Waals surface area (Å²) in [7, 11) is 0. The van der Waals surface area contributed by atoms with E-state index >= 15 is 0 Å². The summed E-state index contributed by atoms with van der Waals surface area (Å²) >= 11 is 0. The van der Waals surface area contributed by atoms with E-state index in [0.29, 0.717) is 28.5 Å². The third-order valence-electron chi connectivity index (χ3n) is 3.58. The number of pyridine rings is 2. The third-order valence-corrected chi connectivity index (χ3v) is 3.58. The molecule has 3 aromatic rings. The van der Waals surface area contributed by atoms with Crippen LogP contribution in [0.15, 0.2) is 24.5 Å². The fraction of sp³-hybridized carbons (Fsp3) is 0.312. The van der Waals surface area contributed by atoms with Gasteiger partial charge in [0.25, 0.3) is 0 Å². The zero-order chi connectivity index (χ0) is 15.7. The van der Waals surface area contributed by atoms with Crippen molar-refractivity contribution in [2.75, 3.05) is 6.61 Å². The summed E-state index contributed by atoms with van der Waals surface area (Å²) in [6.45, 7) is 4.51. The molecule has 3 heterocycles. The maximum atomic E-state index is 14.6. The van der Waals surface area contributed by atoms with Crippen LogP contribution in [0.3, 0.4) is 0 Å². The van der Waals surface area contributed by atoms with Gasteiger partial charge in [0.15, 0.2) is 11.5 Å². The third kappa shape index (κ3) is 2.11. The lowest BCUT2D eigenvalue weighted by molar-refractivity contribution is 0.0221. The Morgan fingerprint density at radius 1 is 1.45 bits per heavy atom. The van der Waals surface area contributed by atoms with Crippen LogP contribution in [0.2, 0.25) is 0 Å². The number of ether oxygens (including phenoxy) is 1. The lowest BCUT2D eigenvalue weighted by atomic mass is 10.2. The quantitative estimate of drug-likeness (QED) is 0.739. The topological polar surface area (TPSA) is 63.7 Å². The lowest BCUT2D eigenvalue weighted by Gasteiger charge is -2.16. The van der Waals surface area contributed by atoms with Gasteiger partial charge in [-0.05, 0) is 25.5 Å². The van der Waals surface area contributed by atoms with Crippen LogP contribution in [-0.2, 0) is 4.74 Å². The van der Waals surface area contributed by atoms with E-state index in [0.717, 1.165) is 6.42 Å². The van der Waals surface area contributed by atoms with Gasteiger partial charge >= 0.3 is 0 Å². The van der Waals surface area contributed by atoms with E-state index in [1.807, 2.05) is 18.4 Å². The SMILES string of the molecule is CCCOC(C)n1c2cnc(C#N)c(F)c2c2cccnc21. The van der Waals surface area contributed by atoms with E-state index in [-0.39, 0.29) is 11.9 Å². The van der Waals surface area contributed by atoms with E-state index in [2.05, 4.69) is 9.97 Å². The van der Waals surface area contributed by atoms with Gasteiger partial charge in [0.2, 0.25) is 0 Å². The molecule has 0 saturated carbocycles. The van der Waals surface area contributed by atoms with E-state index in [4.69, 9.17) is 10.00 Å². The Hall–Kier alpha value is -2.52. The number of halogens is 1. The average Bonchev–Trinajstić information content (AvgIpc) is 2.88. The first kappa shape index (κ1) is 14.4. The van der Waals surface area contributed by atoms with Gasteiger partial charge in [-0.15, -0.1) is 0 Å². The molecule has 0 aromatic carbocycles. The molecule has 5 nitrogen and oxygen atoms in total. The minimum atomic E-state index is -0.612. The zero-order valence-electron chi connectivity index (χ0n) is 12.4. The number of hydrogen-bond acceptors (Lipinski definition) is 4. The number of aromatic nitrogens is 3. The summed E-state index contributed by atoms with van der Waals surface area (Å²) in [4.78, 5) is 8.25. The molecule has 0 bridgehead atoms. The molecule has 3 rings (SSSR count). The lowest BCUT2D eigenvalue weighted by Crippen LogP contribution is -2.10. The predicted molar refractivity (Wildman–Crippen MR) is 80.7 cm³/mol. The molecule has 0 aliphatic rings. The Balaban J connectivity index is 2.35. The average molecular weight is 298 g/mol. The molecule has 112 valence electrons. The highest BCUT2D eigenvalue weighted by Crippen LogP contribution is 2.32. The molecule has 6 heteroatoms. The first-order valence-electron chi connectivity index (χ1n) is 7.13. The van der Waals surface area contributed by atoms with Gasteiger partial charge < -0.3 is 4.74 Å². The zero-order valence-corrected chi connectivity index (χ0v) is 12.4. The van der Waals surface area contributed by atoms with Gasteiger partial charge in [-0.25, -0.2) is 14.4 Å². The van der Waals surface area contributed by atoms with Gasteiger partial charge in [-0.2, -0.15) is 5.26 Å². The molecule has 22 heavy (non-hydrogen) atoms. The highest BCUT2D eigenvalue weighted by molar-refractivity contribution is 6.07. The second kappa shape index (κ2) is 5.70. The van der Waals surface area contributed by atoms with Crippen LogP contribution in [-0.4, -0.2) is 21.1 Å². The molecule has 0 saturated heterocycles. The number of rotatable bonds is 4. The van der Waals surface area contributed by atoms with Gasteiger partial charge in [0.05, 0.1) is 11.7 Å². The molecular weight excluding hydrogens is 283 g/mol. The minimum absolute atomic E-state index is 0.211. The van der Waals surface area contributed by atoms with Crippen LogP contribution < -0.4 is 0 Å². The van der Waals surface area contributed by atoms with E-state index < -0.39 is 5.82 Å². The second-order valence-corrected chi connectivity index (χ2v) is 5.01. The summed E-state index contributed by atoms with van der Waals surface area (Å²) in [5.74, 6) is -0.612. The van der Waals surface area contributed by atoms with E-state index in [1.54, 1.807) is 24.4 Å². The Labute approximate surface area is 127 Å². The molecule has 1 atom stereocenters. The molecule has 0 N–H and O–H groups in total. The Morgan fingerprint density at radius 3 is 3.00 bits per heavy atom. The van der Waals surface area contributed by atoms with Gasteiger partial charge in [-0.3, -0.25) is 4.57 Å². The van der Waals surface area contributed by atoms with E-state index in [9.17, 15) is 4.39 Å². The van der Waals surface area contributed by atoms with Gasteiger partial charge in [0, 0.05) is 23.6 Å². The smallest absolute Gasteiger partial charge is 0.177 e. The maximum Gasteiger partial charge on any atom is 0.177 e. The van der Waals surface area contributed by atoms with Crippen LogP contribution >= 0.6 is 0 Å². The van der Waals surface area contributed by atoms with Crippen molar-refractivity contribution in [3.63, 3.8) is 0 Å². The largest absolute Gasteiger partial charge is 0.358 e. The first-order valence-corrected chi connectivity index (χ1v) is 7.13. The standard InChI is InChI=1S/C16H15FN4O/c1-3-7-22-10(2)21-13-9-20-12(8-18)15(17)14(13)11-5-4-6-19-16(11)21/h4-6,9-10H,3,7H2,1-2H3. The van der Waals surface area contributed by atoms with Crippen LogP contribution in [0, 0.1) is 17.1 Å². The molecule has 0 radical (unpaired) electrons. The molecule has 0 aliphatic carbocycles. The molecular formula is C16H15FN4O. The molecule has 0 spiro atoms. The number of nitrogens with zero attached hydrogens (tertiary/aromatic N) is 4. The predicted octanol–water partition coefficient (Wildman–Crippen LogP) is 3.54. The van der Waals surface area contributed by atoms with Crippen molar-refractivity contribution in [2.45, 2.75) is 26.5 Å². The summed E-state index contributed by atoms with van der Waals surface area (Å²) in [5, 5.41) is 10.00. The Bertz CT molecular complexity index is 881. The Morgan fingerprint density at radius 2 is 2.27 bits per heavy atom. The van der Waals surface area contributed by atoms with Crippen molar-refractivity contribution in [3.05, 3.63) is 36.0 Å². The second-order valence-electron chi connectivity index (χ2n) is 5.01. The summed E-state index contributed by atoms with van der Waals surface area (Å²) in [6.07, 6.45) is 3.75. The Kier molecular flexibility index (Phi) is 3.73. The highest BCUT2D eigenvalue weighted by Gasteiger charge is 2.21. The monoisotopic (exact) mass is 298 g/mol. The van der Waals surface area contributed by atoms with Crippen molar-refractivity contribution in [1.82, 2.24) is 14.5 Å². The number of hydrogen-bond donors (Lipinski definition) is 0. The summed E-state index contributed by atoms with van der Waals surface area (Å²) in [6, 6.07) is 5.31.